The molecule has 3 heterocycles. The Balaban J connectivity index is 1.89. The lowest BCUT2D eigenvalue weighted by Crippen LogP contribution is -2.24. The molecule has 0 radical (unpaired) electrons. The van der Waals surface area contributed by atoms with E-state index in [0.717, 1.165) is 0 Å². The number of nitrogens with one attached hydrogen (secondary N) is 1. The maximum atomic E-state index is 13.1. The van der Waals surface area contributed by atoms with Gasteiger partial charge in [0.25, 0.3) is 5.56 Å². The summed E-state index contributed by atoms with van der Waals surface area (Å²) in [5.74, 6) is 1.02. The topological polar surface area (TPSA) is 111 Å². The molecule has 0 aliphatic heterocycles. The van der Waals surface area contributed by atoms with Crippen molar-refractivity contribution in [3.63, 3.8) is 0 Å². The Hall–Kier alpha value is -4.04. The van der Waals surface area contributed by atoms with Crippen molar-refractivity contribution < 1.29 is 4.21 Å². The van der Waals surface area contributed by atoms with Gasteiger partial charge in [-0.25, -0.2) is 28.4 Å². The fraction of sp³-hybridized carbons (Fsp3) is 0.227. The Morgan fingerprint density at radius 3 is 2.48 bits per heavy atom. The van der Waals surface area contributed by atoms with Crippen LogP contribution in [0.4, 0.5) is 23.1 Å². The predicted molar refractivity (Wildman–Crippen MR) is 129 cm³/mol. The van der Waals surface area contributed by atoms with Gasteiger partial charge in [0.05, 0.1) is 6.57 Å². The molecule has 4 aromatic rings. The first kappa shape index (κ1) is 22.2. The molecule has 3 aromatic heterocycles. The van der Waals surface area contributed by atoms with Crippen LogP contribution in [0.3, 0.4) is 0 Å². The molecule has 0 saturated heterocycles. The molecular formula is C22H22N8O2S. The lowest BCUT2D eigenvalue weighted by molar-refractivity contribution is 0.472. The van der Waals surface area contributed by atoms with E-state index in [0.29, 0.717) is 40.0 Å². The Labute approximate surface area is 190 Å². The Kier molecular flexibility index (Phi) is 5.69. The highest BCUT2D eigenvalue weighted by atomic mass is 32.2. The first-order chi connectivity index (χ1) is 15.7. The third kappa shape index (κ3) is 4.61. The number of benzene rings is 1. The summed E-state index contributed by atoms with van der Waals surface area (Å²) in [7, 11) is -2.41. The third-order valence-electron chi connectivity index (χ3n) is 4.61. The fourth-order valence-electron chi connectivity index (χ4n) is 3.30. The second-order valence-corrected chi connectivity index (χ2v) is 10.4. The lowest BCUT2D eigenvalue weighted by Gasteiger charge is -2.14. The minimum Gasteiger partial charge on any atom is -0.324 e. The van der Waals surface area contributed by atoms with Crippen LogP contribution in [-0.2, 0) is 9.73 Å². The Morgan fingerprint density at radius 2 is 1.85 bits per heavy atom. The summed E-state index contributed by atoms with van der Waals surface area (Å²) in [6.07, 6.45) is 4.55. The van der Waals surface area contributed by atoms with Gasteiger partial charge in [-0.05, 0) is 38.1 Å². The van der Waals surface area contributed by atoms with E-state index in [9.17, 15) is 9.00 Å². The minimum atomic E-state index is -2.41. The second-order valence-electron chi connectivity index (χ2n) is 7.90. The van der Waals surface area contributed by atoms with Crippen molar-refractivity contribution >= 4 is 43.9 Å². The molecule has 0 fully saturated rings. The molecule has 0 aliphatic rings. The summed E-state index contributed by atoms with van der Waals surface area (Å²) < 4.78 is 19.5. The number of hydrogen-bond acceptors (Lipinski definition) is 7. The Morgan fingerprint density at radius 1 is 1.12 bits per heavy atom. The van der Waals surface area contributed by atoms with E-state index in [1.54, 1.807) is 51.8 Å². The number of anilines is 2. The van der Waals surface area contributed by atoms with Crippen LogP contribution in [0.15, 0.2) is 57.8 Å². The van der Waals surface area contributed by atoms with Crippen LogP contribution in [0, 0.1) is 6.57 Å². The number of nitrogens with zero attached hydrogens (tertiary/aromatic N) is 7. The van der Waals surface area contributed by atoms with E-state index >= 15 is 0 Å². The lowest BCUT2D eigenvalue weighted by atomic mass is 10.3. The molecule has 10 nitrogen and oxygen atoms in total. The zero-order chi connectivity index (χ0) is 23.8. The molecule has 1 N–H and O–H groups in total. The van der Waals surface area contributed by atoms with Gasteiger partial charge >= 0.3 is 0 Å². The van der Waals surface area contributed by atoms with Gasteiger partial charge in [-0.15, -0.1) is 0 Å². The van der Waals surface area contributed by atoms with Crippen molar-refractivity contribution in [3.05, 3.63) is 70.4 Å². The van der Waals surface area contributed by atoms with Crippen molar-refractivity contribution in [2.24, 2.45) is 4.36 Å². The number of pyridine rings is 1. The zero-order valence-electron chi connectivity index (χ0n) is 18.6. The van der Waals surface area contributed by atoms with Crippen molar-refractivity contribution in [2.75, 3.05) is 17.8 Å². The third-order valence-corrected chi connectivity index (χ3v) is 5.24. The van der Waals surface area contributed by atoms with Crippen LogP contribution in [0.1, 0.15) is 19.9 Å². The SMILES string of the molecule is [C-]#[N+]c1ccc(Nc2ncc3c(=O)n(C(C)C)n(-c4cccc(N=S(C)(C)=O)n4)c3n2)cc1. The van der Waals surface area contributed by atoms with E-state index in [-0.39, 0.29) is 11.6 Å². The smallest absolute Gasteiger partial charge is 0.278 e. The van der Waals surface area contributed by atoms with Crippen molar-refractivity contribution in [1.82, 2.24) is 24.3 Å². The van der Waals surface area contributed by atoms with E-state index in [1.807, 2.05) is 13.8 Å². The minimum absolute atomic E-state index is 0.187. The first-order valence-corrected chi connectivity index (χ1v) is 12.4. The molecule has 33 heavy (non-hydrogen) atoms. The molecule has 4 rings (SSSR count). The molecule has 0 bridgehead atoms. The number of rotatable bonds is 5. The monoisotopic (exact) mass is 462 g/mol. The number of hydrogen-bond donors (Lipinski definition) is 1. The first-order valence-electron chi connectivity index (χ1n) is 10.1. The average Bonchev–Trinajstić information content (AvgIpc) is 3.05. The van der Waals surface area contributed by atoms with Crippen LogP contribution in [0.25, 0.3) is 21.7 Å². The summed E-state index contributed by atoms with van der Waals surface area (Å²) >= 11 is 0. The summed E-state index contributed by atoms with van der Waals surface area (Å²) in [5, 5.41) is 3.44. The quantitative estimate of drug-likeness (QED) is 0.445. The van der Waals surface area contributed by atoms with Gasteiger partial charge in [-0.3, -0.25) is 4.79 Å². The van der Waals surface area contributed by atoms with Gasteiger partial charge in [0.1, 0.15) is 5.39 Å². The van der Waals surface area contributed by atoms with Gasteiger partial charge in [-0.1, -0.05) is 18.2 Å². The van der Waals surface area contributed by atoms with Gasteiger partial charge in [0.15, 0.2) is 23.0 Å². The normalized spacial score (nSPS) is 11.5. The van der Waals surface area contributed by atoms with Crippen LogP contribution in [-0.4, -0.2) is 41.0 Å². The van der Waals surface area contributed by atoms with Crippen molar-refractivity contribution in [3.8, 4) is 5.82 Å². The fourth-order valence-corrected chi connectivity index (χ4v) is 3.85. The molecular weight excluding hydrogens is 440 g/mol. The van der Waals surface area contributed by atoms with Crippen molar-refractivity contribution in [1.29, 1.82) is 0 Å². The summed E-state index contributed by atoms with van der Waals surface area (Å²) in [6.45, 7) is 10.8. The maximum Gasteiger partial charge on any atom is 0.278 e. The number of fused-ring (bicyclic) bond motifs is 1. The molecule has 0 atom stereocenters. The standard InChI is InChI=1S/C22H22N8O2S/c1-14(2)29-21(31)17-13-24-22(25-16-11-9-15(23-3)10-12-16)27-20(17)30(29)19-8-6-7-18(26-19)28-33(4,5)32/h6-14H,1-2,4-5H3,(H,24,25,27). The van der Waals surface area contributed by atoms with Crippen LogP contribution >= 0.6 is 0 Å². The molecule has 0 aliphatic carbocycles. The van der Waals surface area contributed by atoms with Gasteiger partial charge in [0, 0.05) is 40.2 Å². The van der Waals surface area contributed by atoms with E-state index in [1.165, 1.54) is 18.7 Å². The van der Waals surface area contributed by atoms with Gasteiger partial charge in [0.2, 0.25) is 5.95 Å². The van der Waals surface area contributed by atoms with Crippen LogP contribution in [0.2, 0.25) is 0 Å². The molecule has 0 unspecified atom stereocenters. The van der Waals surface area contributed by atoms with Gasteiger partial charge in [-0.2, -0.15) is 9.35 Å². The summed E-state index contributed by atoms with van der Waals surface area (Å²) in [6, 6.07) is 11.9. The highest BCUT2D eigenvalue weighted by molar-refractivity contribution is 7.92. The molecule has 0 spiro atoms. The average molecular weight is 463 g/mol. The molecule has 0 saturated carbocycles. The molecule has 1 aromatic carbocycles. The highest BCUT2D eigenvalue weighted by Crippen LogP contribution is 2.23. The van der Waals surface area contributed by atoms with E-state index in [4.69, 9.17) is 6.57 Å². The van der Waals surface area contributed by atoms with Crippen LogP contribution < -0.4 is 10.9 Å². The molecule has 168 valence electrons. The second kappa shape index (κ2) is 8.48. The maximum absolute atomic E-state index is 13.1. The molecule has 11 heteroatoms. The van der Waals surface area contributed by atoms with E-state index in [2.05, 4.69) is 29.5 Å². The largest absolute Gasteiger partial charge is 0.324 e. The van der Waals surface area contributed by atoms with Crippen LogP contribution in [0.5, 0.6) is 0 Å². The summed E-state index contributed by atoms with van der Waals surface area (Å²) in [4.78, 5) is 29.9. The van der Waals surface area contributed by atoms with Gasteiger partial charge < -0.3 is 5.32 Å². The van der Waals surface area contributed by atoms with E-state index < -0.39 is 9.73 Å². The molecule has 0 amide bonds. The Bertz CT molecular complexity index is 1560. The van der Waals surface area contributed by atoms with Crippen molar-refractivity contribution in [2.45, 2.75) is 19.9 Å². The number of aromatic nitrogens is 5. The zero-order valence-corrected chi connectivity index (χ0v) is 19.4. The highest BCUT2D eigenvalue weighted by Gasteiger charge is 2.20. The predicted octanol–water partition coefficient (Wildman–Crippen LogP) is 4.21. The summed E-state index contributed by atoms with van der Waals surface area (Å²) in [5.41, 5.74) is 1.37.